The van der Waals surface area contributed by atoms with E-state index in [9.17, 15) is 19.5 Å². The maximum absolute atomic E-state index is 12.5. The van der Waals surface area contributed by atoms with Crippen LogP contribution in [0.1, 0.15) is 46.9 Å². The topological polar surface area (TPSA) is 177 Å². The van der Waals surface area contributed by atoms with Crippen molar-refractivity contribution < 1.29 is 43.5 Å². The molecule has 0 unspecified atom stereocenters. The monoisotopic (exact) mass is 822 g/mol. The Hall–Kier alpha value is -4.35. The highest BCUT2D eigenvalue weighted by Gasteiger charge is 2.32. The molecule has 5 N–H and O–H groups in total. The third-order valence-corrected chi connectivity index (χ3v) is 8.10. The highest BCUT2D eigenvalue weighted by atomic mass is 127. The van der Waals surface area contributed by atoms with Gasteiger partial charge in [-0.1, -0.05) is 18.2 Å². The Balaban J connectivity index is 1.36. The summed E-state index contributed by atoms with van der Waals surface area (Å²) in [6.45, 7) is 3.82. The molecule has 248 valence electrons. The summed E-state index contributed by atoms with van der Waals surface area (Å²) in [6.07, 6.45) is 0.366. The standard InChI is InChI=1S/C32H32BrIN4O9/c1-4-45-25-13-21(28-27(31(42)44-3)17(2)36-32(43)37-28)9-10-24(25)46-16-26(39)38-35-14-19-11-22(33)29(23(34)12-19)47-15-18-5-7-20(8-6-18)30(40)41/h5-14,26,28,38-39H,4,15-16H2,1-3H3,(H,40,41)(H2,36,37,43)/b35-14-/t26-,28+/m0/s1. The minimum Gasteiger partial charge on any atom is -0.490 e. The number of benzene rings is 3. The molecule has 3 aromatic carbocycles. The van der Waals surface area contributed by atoms with Crippen molar-refractivity contribution in [2.75, 3.05) is 20.3 Å². The zero-order valence-electron chi connectivity index (χ0n) is 25.5. The van der Waals surface area contributed by atoms with Gasteiger partial charge in [0.15, 0.2) is 17.7 Å². The Bertz CT molecular complexity index is 1680. The highest BCUT2D eigenvalue weighted by Crippen LogP contribution is 2.35. The van der Waals surface area contributed by atoms with Crippen molar-refractivity contribution in [3.05, 3.63) is 96.2 Å². The summed E-state index contributed by atoms with van der Waals surface area (Å²) < 4.78 is 23.9. The largest absolute Gasteiger partial charge is 0.490 e. The molecule has 4 rings (SSSR count). The third-order valence-electron chi connectivity index (χ3n) is 6.71. The number of esters is 1. The van der Waals surface area contributed by atoms with Crippen LogP contribution in [-0.2, 0) is 16.1 Å². The van der Waals surface area contributed by atoms with Gasteiger partial charge in [-0.05, 0) is 105 Å². The smallest absolute Gasteiger partial charge is 0.337 e. The summed E-state index contributed by atoms with van der Waals surface area (Å²) in [5.41, 5.74) is 5.59. The number of nitrogens with zero attached hydrogens (tertiary/aromatic N) is 1. The number of amides is 2. The van der Waals surface area contributed by atoms with E-state index in [2.05, 4.69) is 59.7 Å². The van der Waals surface area contributed by atoms with Crippen LogP contribution < -0.4 is 30.3 Å². The van der Waals surface area contributed by atoms with Gasteiger partial charge in [0, 0.05) is 5.70 Å². The Morgan fingerprint density at radius 3 is 2.51 bits per heavy atom. The fourth-order valence-electron chi connectivity index (χ4n) is 4.51. The number of ether oxygens (including phenoxy) is 4. The van der Waals surface area contributed by atoms with Gasteiger partial charge in [0.25, 0.3) is 0 Å². The Morgan fingerprint density at radius 1 is 1.11 bits per heavy atom. The summed E-state index contributed by atoms with van der Waals surface area (Å²) in [7, 11) is 1.27. The molecule has 0 aliphatic carbocycles. The third kappa shape index (κ3) is 9.36. The second kappa shape index (κ2) is 16.5. The van der Waals surface area contributed by atoms with Gasteiger partial charge in [-0.3, -0.25) is 5.43 Å². The van der Waals surface area contributed by atoms with Crippen molar-refractivity contribution >= 4 is 62.7 Å². The number of hydrogen-bond donors (Lipinski definition) is 5. The molecule has 0 spiro atoms. The van der Waals surface area contributed by atoms with Crippen LogP contribution in [0.25, 0.3) is 0 Å². The van der Waals surface area contributed by atoms with Crippen LogP contribution in [0.5, 0.6) is 17.2 Å². The average molecular weight is 823 g/mol. The SMILES string of the molecule is CCOc1cc([C@H]2NC(=O)NC(C)=C2C(=O)OC)ccc1OC[C@H](O)N/N=C\c1cc(Br)c(OCc2ccc(C(=O)O)cc2)c(I)c1. The molecule has 2 atom stereocenters. The number of nitrogens with one attached hydrogen (secondary N) is 3. The number of carboxylic acids is 1. The number of aliphatic hydroxyl groups is 1. The van der Waals surface area contributed by atoms with E-state index in [4.69, 9.17) is 24.1 Å². The number of aliphatic hydroxyl groups excluding tert-OH is 1. The van der Waals surface area contributed by atoms with E-state index in [1.54, 1.807) is 44.2 Å². The number of carbonyl (C=O) groups excluding carboxylic acids is 2. The molecule has 0 aromatic heterocycles. The summed E-state index contributed by atoms with van der Waals surface area (Å²) in [4.78, 5) is 35.7. The quantitative estimate of drug-likeness (QED) is 0.0497. The van der Waals surface area contributed by atoms with E-state index < -0.39 is 30.2 Å². The first kappa shape index (κ1) is 35.5. The van der Waals surface area contributed by atoms with Crippen LogP contribution in [0.3, 0.4) is 0 Å². The number of urea groups is 1. The van der Waals surface area contributed by atoms with Gasteiger partial charge in [-0.2, -0.15) is 5.10 Å². The van der Waals surface area contributed by atoms with Crippen LogP contribution in [-0.4, -0.2) is 60.9 Å². The first-order valence-electron chi connectivity index (χ1n) is 14.2. The van der Waals surface area contributed by atoms with Crippen LogP contribution in [0.4, 0.5) is 4.79 Å². The molecular weight excluding hydrogens is 791 g/mol. The predicted molar refractivity (Wildman–Crippen MR) is 184 cm³/mol. The normalized spacial score (nSPS) is 15.0. The lowest BCUT2D eigenvalue weighted by molar-refractivity contribution is -0.136. The molecule has 1 aliphatic heterocycles. The maximum Gasteiger partial charge on any atom is 0.337 e. The number of rotatable bonds is 14. The fourth-order valence-corrected chi connectivity index (χ4v) is 6.28. The number of hydrogen-bond acceptors (Lipinski definition) is 10. The van der Waals surface area contributed by atoms with Gasteiger partial charge < -0.3 is 39.8 Å². The van der Waals surface area contributed by atoms with Crippen molar-refractivity contribution in [1.29, 1.82) is 0 Å². The average Bonchev–Trinajstić information content (AvgIpc) is 3.03. The summed E-state index contributed by atoms with van der Waals surface area (Å²) in [5.74, 6) is -0.249. The Kier molecular flexibility index (Phi) is 12.4. The van der Waals surface area contributed by atoms with Gasteiger partial charge >= 0.3 is 18.0 Å². The highest BCUT2D eigenvalue weighted by molar-refractivity contribution is 14.1. The molecule has 0 bridgehead atoms. The van der Waals surface area contributed by atoms with E-state index in [0.717, 1.165) is 14.7 Å². The number of halogens is 2. The van der Waals surface area contributed by atoms with Crippen molar-refractivity contribution in [1.82, 2.24) is 16.1 Å². The van der Waals surface area contributed by atoms with Gasteiger partial charge in [0.1, 0.15) is 19.0 Å². The molecule has 47 heavy (non-hydrogen) atoms. The van der Waals surface area contributed by atoms with Crippen molar-refractivity contribution in [3.63, 3.8) is 0 Å². The number of allylic oxidation sites excluding steroid dienone is 1. The van der Waals surface area contributed by atoms with Gasteiger partial charge in [-0.25, -0.2) is 14.4 Å². The second-order valence-corrected chi connectivity index (χ2v) is 12.0. The molecule has 1 aliphatic rings. The molecule has 0 saturated carbocycles. The first-order chi connectivity index (χ1) is 22.5. The molecule has 0 saturated heterocycles. The number of carbonyl (C=O) groups is 3. The van der Waals surface area contributed by atoms with Gasteiger partial charge in [0.05, 0.1) is 45.2 Å². The molecular formula is C32H32BrIN4O9. The summed E-state index contributed by atoms with van der Waals surface area (Å²) in [5, 5.41) is 29.0. The summed E-state index contributed by atoms with van der Waals surface area (Å²) >= 11 is 5.67. The van der Waals surface area contributed by atoms with E-state index >= 15 is 0 Å². The second-order valence-electron chi connectivity index (χ2n) is 10.0. The number of hydrazone groups is 1. The first-order valence-corrected chi connectivity index (χ1v) is 16.0. The zero-order chi connectivity index (χ0) is 34.1. The van der Waals surface area contributed by atoms with Crippen LogP contribution >= 0.6 is 38.5 Å². The van der Waals surface area contributed by atoms with Gasteiger partial charge in [0.2, 0.25) is 0 Å². The molecule has 1 heterocycles. The number of carboxylic acid groups (broad SMARTS) is 1. The molecule has 15 heteroatoms. The molecule has 0 radical (unpaired) electrons. The molecule has 13 nitrogen and oxygen atoms in total. The lowest BCUT2D eigenvalue weighted by atomic mass is 9.95. The maximum atomic E-state index is 12.5. The molecule has 0 fully saturated rings. The van der Waals surface area contributed by atoms with Crippen molar-refractivity contribution in [2.45, 2.75) is 32.7 Å². The summed E-state index contributed by atoms with van der Waals surface area (Å²) in [6, 6.07) is 13.9. The lowest BCUT2D eigenvalue weighted by Crippen LogP contribution is -2.45. The van der Waals surface area contributed by atoms with E-state index in [1.165, 1.54) is 25.5 Å². The molecule has 3 aromatic rings. The molecule has 2 amide bonds. The van der Waals surface area contributed by atoms with E-state index in [1.807, 2.05) is 12.1 Å². The lowest BCUT2D eigenvalue weighted by Gasteiger charge is -2.28. The Labute approximate surface area is 292 Å². The predicted octanol–water partition coefficient (Wildman–Crippen LogP) is 4.85. The zero-order valence-corrected chi connectivity index (χ0v) is 29.2. The van der Waals surface area contributed by atoms with E-state index in [0.29, 0.717) is 39.6 Å². The van der Waals surface area contributed by atoms with Crippen LogP contribution in [0.15, 0.2) is 75.4 Å². The minimum atomic E-state index is -1.17. The fraction of sp³-hybridized carbons (Fsp3) is 0.250. The van der Waals surface area contributed by atoms with E-state index in [-0.39, 0.29) is 24.4 Å². The number of methoxy groups -OCH3 is 1. The van der Waals surface area contributed by atoms with Crippen LogP contribution in [0.2, 0.25) is 0 Å². The Morgan fingerprint density at radius 2 is 1.85 bits per heavy atom. The van der Waals surface area contributed by atoms with Crippen molar-refractivity contribution in [3.8, 4) is 17.2 Å². The van der Waals surface area contributed by atoms with Gasteiger partial charge in [-0.15, -0.1) is 0 Å². The minimum absolute atomic E-state index is 0.172. The van der Waals surface area contributed by atoms with Crippen LogP contribution in [0, 0.1) is 3.57 Å². The number of aromatic carboxylic acids is 1. The van der Waals surface area contributed by atoms with Crippen molar-refractivity contribution in [2.24, 2.45) is 5.10 Å².